The van der Waals surface area contributed by atoms with Crippen LogP contribution in [0.3, 0.4) is 0 Å². The van der Waals surface area contributed by atoms with Gasteiger partial charge in [-0.05, 0) is 0 Å². The Labute approximate surface area is 67.6 Å². The van der Waals surface area contributed by atoms with Gasteiger partial charge in [-0.25, -0.2) is 8.77 Å². The molecule has 5 nitrogen and oxygen atoms in total. The van der Waals surface area contributed by atoms with E-state index in [1.165, 1.54) is 17.8 Å². The van der Waals surface area contributed by atoms with E-state index in [1.54, 1.807) is 0 Å². The molecule has 11 heavy (non-hydrogen) atoms. The number of hydrogen-bond acceptors (Lipinski definition) is 4. The van der Waals surface area contributed by atoms with Gasteiger partial charge >= 0.3 is 5.69 Å². The van der Waals surface area contributed by atoms with Gasteiger partial charge in [0.15, 0.2) is 0 Å². The van der Waals surface area contributed by atoms with Crippen molar-refractivity contribution in [2.45, 2.75) is 0 Å². The highest BCUT2D eigenvalue weighted by molar-refractivity contribution is 7.78. The van der Waals surface area contributed by atoms with Gasteiger partial charge in [-0.2, -0.15) is 0 Å². The smallest absolute Gasteiger partial charge is 0.340 e. The summed E-state index contributed by atoms with van der Waals surface area (Å²) >= 11 is 3.64. The summed E-state index contributed by atoms with van der Waals surface area (Å²) in [6, 6.07) is 0. The topological polar surface area (TPSA) is 70.0 Å². The van der Waals surface area contributed by atoms with Crippen LogP contribution in [0.5, 0.6) is 0 Å². The van der Waals surface area contributed by atoms with Gasteiger partial charge in [0.1, 0.15) is 5.69 Å². The van der Waals surface area contributed by atoms with E-state index >= 15 is 0 Å². The second kappa shape index (κ2) is 2.46. The first-order valence-corrected chi connectivity index (χ1v) is 3.21. The monoisotopic (exact) mass is 173 g/mol. The number of rotatable bonds is 0. The standard InChI is InChI=1S/C5H7N3O2S/c1-7-2-3(6)4(9)8(11)5(7)10/h2,11H,6H2,1H3. The molecule has 0 spiro atoms. The molecule has 0 saturated carbocycles. The minimum atomic E-state index is -0.587. The van der Waals surface area contributed by atoms with Crippen LogP contribution in [0.2, 0.25) is 0 Å². The summed E-state index contributed by atoms with van der Waals surface area (Å²) in [7, 11) is 1.49. The number of aryl methyl sites for hydroxylation is 1. The summed E-state index contributed by atoms with van der Waals surface area (Å²) in [6.45, 7) is 0. The first-order valence-electron chi connectivity index (χ1n) is 2.81. The maximum absolute atomic E-state index is 10.9. The Kier molecular flexibility index (Phi) is 1.77. The Balaban J connectivity index is 3.74. The van der Waals surface area contributed by atoms with Crippen LogP contribution in [0, 0.1) is 0 Å². The summed E-state index contributed by atoms with van der Waals surface area (Å²) < 4.78 is 1.85. The van der Waals surface area contributed by atoms with Crippen LogP contribution >= 0.6 is 12.8 Å². The molecule has 6 heteroatoms. The Morgan fingerprint density at radius 2 is 2.09 bits per heavy atom. The second-order valence-corrected chi connectivity index (χ2v) is 2.49. The highest BCUT2D eigenvalue weighted by Gasteiger charge is 2.02. The van der Waals surface area contributed by atoms with E-state index in [-0.39, 0.29) is 5.69 Å². The van der Waals surface area contributed by atoms with Crippen molar-refractivity contribution in [3.8, 4) is 0 Å². The molecule has 1 rings (SSSR count). The molecule has 0 saturated heterocycles. The van der Waals surface area contributed by atoms with Crippen molar-refractivity contribution in [1.82, 2.24) is 8.54 Å². The van der Waals surface area contributed by atoms with E-state index < -0.39 is 11.2 Å². The van der Waals surface area contributed by atoms with Gasteiger partial charge in [-0.1, -0.05) is 12.8 Å². The summed E-state index contributed by atoms with van der Waals surface area (Å²) in [5.74, 6) is 0. The highest BCUT2D eigenvalue weighted by Crippen LogP contribution is 1.86. The van der Waals surface area contributed by atoms with Crippen molar-refractivity contribution in [2.75, 3.05) is 5.73 Å². The largest absolute Gasteiger partial charge is 0.393 e. The van der Waals surface area contributed by atoms with Crippen molar-refractivity contribution in [3.05, 3.63) is 27.0 Å². The Morgan fingerprint density at radius 1 is 1.55 bits per heavy atom. The Morgan fingerprint density at radius 3 is 2.64 bits per heavy atom. The van der Waals surface area contributed by atoms with E-state index in [1.807, 2.05) is 0 Å². The molecule has 2 N–H and O–H groups in total. The molecular weight excluding hydrogens is 166 g/mol. The van der Waals surface area contributed by atoms with Crippen LogP contribution in [0.1, 0.15) is 0 Å². The lowest BCUT2D eigenvalue weighted by Crippen LogP contribution is -2.35. The quantitative estimate of drug-likeness (QED) is 0.485. The van der Waals surface area contributed by atoms with Crippen LogP contribution in [0.15, 0.2) is 15.8 Å². The third-order valence-electron chi connectivity index (χ3n) is 1.25. The van der Waals surface area contributed by atoms with Gasteiger partial charge in [0.2, 0.25) is 0 Å². The molecule has 1 aromatic rings. The molecule has 0 amide bonds. The molecule has 0 bridgehead atoms. The van der Waals surface area contributed by atoms with E-state index in [4.69, 9.17) is 5.73 Å². The minimum Gasteiger partial charge on any atom is -0.393 e. The fourth-order valence-corrected chi connectivity index (χ4v) is 0.934. The van der Waals surface area contributed by atoms with Gasteiger partial charge in [0, 0.05) is 13.2 Å². The maximum Gasteiger partial charge on any atom is 0.340 e. The molecule has 0 unspecified atom stereocenters. The van der Waals surface area contributed by atoms with Gasteiger partial charge < -0.3 is 10.3 Å². The molecule has 1 aromatic heterocycles. The SMILES string of the molecule is Cn1cc(N)c(=O)n(S)c1=O. The number of nitrogens with two attached hydrogens (primary N) is 1. The van der Waals surface area contributed by atoms with Gasteiger partial charge in [-0.3, -0.25) is 4.79 Å². The molecule has 0 aliphatic heterocycles. The van der Waals surface area contributed by atoms with Crippen molar-refractivity contribution in [2.24, 2.45) is 7.05 Å². The molecule has 0 atom stereocenters. The Bertz CT molecular complexity index is 357. The second-order valence-electron chi connectivity index (χ2n) is 2.09. The normalized spacial score (nSPS) is 10.0. The van der Waals surface area contributed by atoms with Crippen LogP contribution < -0.4 is 17.0 Å². The highest BCUT2D eigenvalue weighted by atomic mass is 32.1. The zero-order valence-electron chi connectivity index (χ0n) is 5.81. The zero-order valence-corrected chi connectivity index (χ0v) is 6.71. The average Bonchev–Trinajstić information content (AvgIpc) is 1.97. The number of anilines is 1. The molecule has 0 aromatic carbocycles. The van der Waals surface area contributed by atoms with Crippen LogP contribution in [-0.4, -0.2) is 8.54 Å². The van der Waals surface area contributed by atoms with E-state index in [2.05, 4.69) is 12.8 Å². The fraction of sp³-hybridized carbons (Fsp3) is 0.200. The number of thiol groups is 1. The molecule has 1 heterocycles. The number of hydrogen-bond donors (Lipinski definition) is 2. The maximum atomic E-state index is 10.9. The predicted octanol–water partition coefficient (Wildman–Crippen LogP) is -1.18. The lowest BCUT2D eigenvalue weighted by atomic mass is 10.5. The lowest BCUT2D eigenvalue weighted by Gasteiger charge is -2.00. The van der Waals surface area contributed by atoms with E-state index in [0.29, 0.717) is 3.97 Å². The Hall–Kier alpha value is -1.17. The molecule has 0 radical (unpaired) electrons. The molecular formula is C5H7N3O2S. The number of aromatic nitrogens is 2. The van der Waals surface area contributed by atoms with Gasteiger partial charge in [-0.15, -0.1) is 0 Å². The molecule has 0 aliphatic rings. The van der Waals surface area contributed by atoms with Crippen molar-refractivity contribution >= 4 is 18.5 Å². The third kappa shape index (κ3) is 1.16. The van der Waals surface area contributed by atoms with Crippen LogP contribution in [-0.2, 0) is 7.05 Å². The zero-order chi connectivity index (χ0) is 8.59. The summed E-state index contributed by atoms with van der Waals surface area (Å²) in [5.41, 5.74) is 4.16. The summed E-state index contributed by atoms with van der Waals surface area (Å²) in [5, 5.41) is 0. The van der Waals surface area contributed by atoms with Gasteiger partial charge in [0.25, 0.3) is 5.56 Å². The number of nitrogen functional groups attached to an aromatic ring is 1. The minimum absolute atomic E-state index is 0.00194. The van der Waals surface area contributed by atoms with Crippen molar-refractivity contribution in [3.63, 3.8) is 0 Å². The van der Waals surface area contributed by atoms with Crippen molar-refractivity contribution in [1.29, 1.82) is 0 Å². The first-order chi connectivity index (χ1) is 5.04. The third-order valence-corrected chi connectivity index (χ3v) is 1.61. The lowest BCUT2D eigenvalue weighted by molar-refractivity contribution is 0.785. The first kappa shape index (κ1) is 7.93. The molecule has 0 fully saturated rings. The van der Waals surface area contributed by atoms with E-state index in [9.17, 15) is 9.59 Å². The molecule has 0 aliphatic carbocycles. The average molecular weight is 173 g/mol. The van der Waals surface area contributed by atoms with E-state index in [0.717, 1.165) is 0 Å². The van der Waals surface area contributed by atoms with Crippen LogP contribution in [0.25, 0.3) is 0 Å². The van der Waals surface area contributed by atoms with Gasteiger partial charge in [0.05, 0.1) is 0 Å². The predicted molar refractivity (Wildman–Crippen MR) is 44.7 cm³/mol. The van der Waals surface area contributed by atoms with Crippen LogP contribution in [0.4, 0.5) is 5.69 Å². The molecule has 60 valence electrons. The fourth-order valence-electron chi connectivity index (χ4n) is 0.678. The number of nitrogens with zero attached hydrogens (tertiary/aromatic N) is 2. The van der Waals surface area contributed by atoms with Crippen molar-refractivity contribution < 1.29 is 0 Å². The summed E-state index contributed by atoms with van der Waals surface area (Å²) in [6.07, 6.45) is 1.26. The summed E-state index contributed by atoms with van der Waals surface area (Å²) in [4.78, 5) is 21.8.